The van der Waals surface area contributed by atoms with Gasteiger partial charge in [0, 0.05) is 36.1 Å². The van der Waals surface area contributed by atoms with Gasteiger partial charge in [-0.25, -0.2) is 10.2 Å². The Labute approximate surface area is 187 Å². The Morgan fingerprint density at radius 1 is 1.23 bits per heavy atom. The van der Waals surface area contributed by atoms with Gasteiger partial charge in [0.15, 0.2) is 0 Å². The molecule has 0 saturated carbocycles. The van der Waals surface area contributed by atoms with E-state index in [1.165, 1.54) is 65.6 Å². The predicted molar refractivity (Wildman–Crippen MR) is 130 cm³/mol. The number of rotatable bonds is 6. The molecule has 1 fully saturated rings. The molecule has 0 spiro atoms. The predicted octanol–water partition coefficient (Wildman–Crippen LogP) is 5.59. The van der Waals surface area contributed by atoms with Crippen LogP contribution in [0.2, 0.25) is 0 Å². The quantitative estimate of drug-likeness (QED) is 0.656. The van der Waals surface area contributed by atoms with Crippen LogP contribution in [0.5, 0.6) is 0 Å². The molecule has 5 nitrogen and oxygen atoms in total. The molecule has 1 aliphatic heterocycles. The number of hydrogen-bond acceptors (Lipinski definition) is 2. The number of fused-ring (bicyclic) bond motifs is 2. The summed E-state index contributed by atoms with van der Waals surface area (Å²) in [6.45, 7) is 16.9. The largest absolute Gasteiger partial charge is 0.336 e. The lowest BCUT2D eigenvalue weighted by Gasteiger charge is -2.44. The number of urea groups is 1. The molecule has 4 rings (SSSR count). The number of benzene rings is 1. The smallest absolute Gasteiger partial charge is 0.324 e. The van der Waals surface area contributed by atoms with Gasteiger partial charge < -0.3 is 4.90 Å². The first-order valence-electron chi connectivity index (χ1n) is 12.4. The zero-order valence-corrected chi connectivity index (χ0v) is 20.3. The minimum absolute atomic E-state index is 0.0164. The molecule has 170 valence electrons. The van der Waals surface area contributed by atoms with Crippen LogP contribution in [-0.4, -0.2) is 52.7 Å². The Kier molecular flexibility index (Phi) is 6.34. The number of piperidine rings is 1. The third-order valence-corrected chi connectivity index (χ3v) is 7.63. The number of hydrogen-bond donors (Lipinski definition) is 1. The first-order valence-corrected chi connectivity index (χ1v) is 12.4. The maximum absolute atomic E-state index is 13.0. The number of nitrogens with one attached hydrogen (secondary N) is 1. The second-order valence-corrected chi connectivity index (χ2v) is 9.70. The third kappa shape index (κ3) is 3.75. The monoisotopic (exact) mass is 424 g/mol. The number of nitrogens with zero attached hydrogens (tertiary/aromatic N) is 3. The van der Waals surface area contributed by atoms with Crippen molar-refractivity contribution in [2.24, 2.45) is 0 Å². The lowest BCUT2D eigenvalue weighted by molar-refractivity contribution is 0.124. The molecule has 2 amide bonds. The SMILES string of the molecule is CCCN1CCC[C@@H]2c3cc(C(C)C)cc4c3c(c(C)n4NC(=O)N(CC)CC)C[C@H]21. The van der Waals surface area contributed by atoms with Crippen molar-refractivity contribution in [3.8, 4) is 0 Å². The first-order chi connectivity index (χ1) is 14.9. The fraction of sp³-hybridized carbons (Fsp3) is 0.654. The van der Waals surface area contributed by atoms with Crippen molar-refractivity contribution in [2.75, 3.05) is 31.6 Å². The van der Waals surface area contributed by atoms with Crippen LogP contribution in [0.15, 0.2) is 12.1 Å². The molecule has 2 heterocycles. The van der Waals surface area contributed by atoms with Crippen molar-refractivity contribution in [1.82, 2.24) is 14.5 Å². The summed E-state index contributed by atoms with van der Waals surface area (Å²) >= 11 is 0. The van der Waals surface area contributed by atoms with Crippen LogP contribution in [0.25, 0.3) is 10.9 Å². The van der Waals surface area contributed by atoms with Gasteiger partial charge in [0.25, 0.3) is 0 Å². The minimum Gasteiger partial charge on any atom is -0.324 e. The van der Waals surface area contributed by atoms with E-state index >= 15 is 0 Å². The highest BCUT2D eigenvalue weighted by Crippen LogP contribution is 2.46. The third-order valence-electron chi connectivity index (χ3n) is 7.63. The number of likely N-dealkylation sites (tertiary alicyclic amines) is 1. The minimum atomic E-state index is -0.0164. The van der Waals surface area contributed by atoms with Gasteiger partial charge in [-0.05, 0) is 88.2 Å². The van der Waals surface area contributed by atoms with Crippen molar-refractivity contribution in [2.45, 2.75) is 85.1 Å². The first kappa shape index (κ1) is 22.2. The maximum atomic E-state index is 13.0. The maximum Gasteiger partial charge on any atom is 0.336 e. The fourth-order valence-corrected chi connectivity index (χ4v) is 5.90. The van der Waals surface area contributed by atoms with Gasteiger partial charge in [0.1, 0.15) is 0 Å². The van der Waals surface area contributed by atoms with E-state index in [0.717, 1.165) is 6.42 Å². The highest BCUT2D eigenvalue weighted by Gasteiger charge is 2.39. The Hall–Kier alpha value is -2.01. The van der Waals surface area contributed by atoms with Crippen LogP contribution in [0.1, 0.15) is 88.1 Å². The van der Waals surface area contributed by atoms with Crippen LogP contribution in [-0.2, 0) is 6.42 Å². The normalized spacial score (nSPS) is 20.9. The van der Waals surface area contributed by atoms with E-state index in [4.69, 9.17) is 0 Å². The molecule has 0 radical (unpaired) electrons. The molecule has 2 aliphatic rings. The fourth-order valence-electron chi connectivity index (χ4n) is 5.90. The summed E-state index contributed by atoms with van der Waals surface area (Å²) in [4.78, 5) is 17.5. The van der Waals surface area contributed by atoms with Crippen LogP contribution >= 0.6 is 0 Å². The lowest BCUT2D eigenvalue weighted by atomic mass is 9.73. The summed E-state index contributed by atoms with van der Waals surface area (Å²) in [7, 11) is 0. The van der Waals surface area contributed by atoms with Crippen molar-refractivity contribution >= 4 is 16.9 Å². The van der Waals surface area contributed by atoms with Gasteiger partial charge in [-0.3, -0.25) is 9.58 Å². The lowest BCUT2D eigenvalue weighted by Crippen LogP contribution is -2.47. The summed E-state index contributed by atoms with van der Waals surface area (Å²) in [6.07, 6.45) is 4.85. The van der Waals surface area contributed by atoms with E-state index in [9.17, 15) is 4.79 Å². The van der Waals surface area contributed by atoms with Crippen molar-refractivity contribution in [3.05, 3.63) is 34.5 Å². The van der Waals surface area contributed by atoms with Crippen molar-refractivity contribution in [3.63, 3.8) is 0 Å². The highest BCUT2D eigenvalue weighted by molar-refractivity contribution is 5.94. The Morgan fingerprint density at radius 2 is 1.97 bits per heavy atom. The second kappa shape index (κ2) is 8.85. The molecule has 0 bridgehead atoms. The van der Waals surface area contributed by atoms with Crippen LogP contribution in [0.4, 0.5) is 4.79 Å². The van der Waals surface area contributed by atoms with E-state index in [2.05, 4.69) is 54.8 Å². The summed E-state index contributed by atoms with van der Waals surface area (Å²) in [5.41, 5.74) is 9.94. The van der Waals surface area contributed by atoms with Gasteiger partial charge in [-0.15, -0.1) is 0 Å². The number of carbonyl (C=O) groups is 1. The zero-order valence-electron chi connectivity index (χ0n) is 20.3. The van der Waals surface area contributed by atoms with E-state index in [-0.39, 0.29) is 6.03 Å². The highest BCUT2D eigenvalue weighted by atomic mass is 16.2. The Bertz CT molecular complexity index is 954. The average molecular weight is 425 g/mol. The molecule has 0 unspecified atom stereocenters. The molecular weight excluding hydrogens is 384 g/mol. The summed E-state index contributed by atoms with van der Waals surface area (Å²) in [6, 6.07) is 5.37. The zero-order chi connectivity index (χ0) is 22.3. The molecule has 2 aromatic rings. The van der Waals surface area contributed by atoms with Crippen molar-refractivity contribution in [1.29, 1.82) is 0 Å². The van der Waals surface area contributed by atoms with Gasteiger partial charge in [-0.2, -0.15) is 0 Å². The Balaban J connectivity index is 1.87. The van der Waals surface area contributed by atoms with Gasteiger partial charge in [-0.1, -0.05) is 26.8 Å². The standard InChI is InChI=1S/C26H40N4O/c1-7-12-29-13-10-11-20-22-14-19(17(4)5)15-24-25(22)21(16-23(20)29)18(6)30(24)27-26(31)28(8-2)9-3/h14-15,17,20,23H,7-13,16H2,1-6H3,(H,27,31)/t20-,23-/m1/s1. The van der Waals surface area contributed by atoms with Gasteiger partial charge in [0.2, 0.25) is 0 Å². The molecule has 1 aliphatic carbocycles. The molecule has 31 heavy (non-hydrogen) atoms. The molecular formula is C26H40N4O. The van der Waals surface area contributed by atoms with Crippen LogP contribution < -0.4 is 5.43 Å². The second-order valence-electron chi connectivity index (χ2n) is 9.70. The average Bonchev–Trinajstić information content (AvgIpc) is 3.02. The van der Waals surface area contributed by atoms with E-state index in [1.807, 2.05) is 18.7 Å². The molecule has 5 heteroatoms. The topological polar surface area (TPSA) is 40.5 Å². The molecule has 1 N–H and O–H groups in total. The van der Waals surface area contributed by atoms with E-state index in [0.29, 0.717) is 31.0 Å². The number of carbonyl (C=O) groups excluding carboxylic acids is 1. The molecule has 1 saturated heterocycles. The molecule has 1 aromatic carbocycles. The van der Waals surface area contributed by atoms with Crippen LogP contribution in [0.3, 0.4) is 0 Å². The van der Waals surface area contributed by atoms with E-state index < -0.39 is 0 Å². The molecule has 2 atom stereocenters. The van der Waals surface area contributed by atoms with Gasteiger partial charge >= 0.3 is 6.03 Å². The summed E-state index contributed by atoms with van der Waals surface area (Å²) in [5, 5.41) is 1.40. The summed E-state index contributed by atoms with van der Waals surface area (Å²) in [5.74, 6) is 1.06. The number of amides is 2. The van der Waals surface area contributed by atoms with Crippen molar-refractivity contribution < 1.29 is 4.79 Å². The van der Waals surface area contributed by atoms with E-state index in [1.54, 1.807) is 0 Å². The molecule has 1 aromatic heterocycles. The number of aromatic nitrogens is 1. The van der Waals surface area contributed by atoms with Crippen LogP contribution in [0, 0.1) is 6.92 Å². The van der Waals surface area contributed by atoms with Gasteiger partial charge in [0.05, 0.1) is 5.52 Å². The summed E-state index contributed by atoms with van der Waals surface area (Å²) < 4.78 is 2.09. The Morgan fingerprint density at radius 3 is 2.61 bits per heavy atom.